The fraction of sp³-hybridized carbons (Fsp3) is 0.571. The van der Waals surface area contributed by atoms with Gasteiger partial charge in [-0.05, 0) is 17.7 Å². The number of hydrogen-bond acceptors (Lipinski definition) is 5. The quantitative estimate of drug-likeness (QED) is 0.796. The van der Waals surface area contributed by atoms with Crippen LogP contribution in [0.4, 0.5) is 5.69 Å². The smallest absolute Gasteiger partial charge is 0.153 e. The summed E-state index contributed by atoms with van der Waals surface area (Å²) in [4.78, 5) is 2.10. The van der Waals surface area contributed by atoms with Crippen molar-refractivity contribution in [2.75, 3.05) is 49.8 Å². The molecule has 2 rings (SSSR count). The van der Waals surface area contributed by atoms with Crippen molar-refractivity contribution in [3.63, 3.8) is 0 Å². The Morgan fingerprint density at radius 3 is 2.71 bits per heavy atom. The summed E-state index contributed by atoms with van der Waals surface area (Å²) in [5.74, 6) is 0.409. The van der Waals surface area contributed by atoms with Crippen molar-refractivity contribution in [1.82, 2.24) is 5.32 Å². The van der Waals surface area contributed by atoms with Crippen molar-refractivity contribution >= 4 is 27.1 Å². The Morgan fingerprint density at radius 1 is 1.33 bits per heavy atom. The summed E-state index contributed by atoms with van der Waals surface area (Å²) < 4.78 is 28.1. The van der Waals surface area contributed by atoms with Crippen LogP contribution in [0.1, 0.15) is 5.56 Å². The van der Waals surface area contributed by atoms with Gasteiger partial charge in [0.05, 0.1) is 18.1 Å². The highest BCUT2D eigenvalue weighted by molar-refractivity contribution is 7.91. The zero-order valence-electron chi connectivity index (χ0n) is 12.1. The van der Waals surface area contributed by atoms with Gasteiger partial charge in [0, 0.05) is 44.0 Å². The van der Waals surface area contributed by atoms with Gasteiger partial charge in [-0.3, -0.25) is 0 Å². The van der Waals surface area contributed by atoms with Crippen LogP contribution in [0.3, 0.4) is 0 Å². The number of halogens is 1. The monoisotopic (exact) mass is 332 g/mol. The van der Waals surface area contributed by atoms with Crippen molar-refractivity contribution in [3.8, 4) is 0 Å². The van der Waals surface area contributed by atoms with E-state index in [1.807, 2.05) is 18.2 Å². The molecule has 1 aromatic carbocycles. The molecule has 0 aliphatic carbocycles. The molecule has 0 unspecified atom stereocenters. The summed E-state index contributed by atoms with van der Waals surface area (Å²) in [5, 5.41) is 3.97. The van der Waals surface area contributed by atoms with Gasteiger partial charge in [0.2, 0.25) is 0 Å². The van der Waals surface area contributed by atoms with Crippen LogP contribution in [-0.2, 0) is 21.1 Å². The number of methoxy groups -OCH3 is 1. The molecule has 0 spiro atoms. The molecule has 5 nitrogen and oxygen atoms in total. The topological polar surface area (TPSA) is 58.6 Å². The zero-order valence-corrected chi connectivity index (χ0v) is 13.7. The summed E-state index contributed by atoms with van der Waals surface area (Å²) >= 11 is 6.09. The van der Waals surface area contributed by atoms with E-state index < -0.39 is 9.84 Å². The van der Waals surface area contributed by atoms with Crippen molar-refractivity contribution in [2.24, 2.45) is 0 Å². The van der Waals surface area contributed by atoms with E-state index in [-0.39, 0.29) is 11.5 Å². The van der Waals surface area contributed by atoms with E-state index in [9.17, 15) is 8.42 Å². The van der Waals surface area contributed by atoms with Crippen LogP contribution in [0, 0.1) is 0 Å². The normalized spacial score (nSPS) is 17.9. The molecular weight excluding hydrogens is 312 g/mol. The minimum Gasteiger partial charge on any atom is -0.383 e. The molecule has 1 fully saturated rings. The lowest BCUT2D eigenvalue weighted by Gasteiger charge is -2.30. The molecule has 118 valence electrons. The Hall–Kier alpha value is -0.820. The second kappa shape index (κ2) is 7.45. The van der Waals surface area contributed by atoms with E-state index in [2.05, 4.69) is 10.2 Å². The first-order valence-electron chi connectivity index (χ1n) is 6.95. The number of hydrogen-bond donors (Lipinski definition) is 1. The van der Waals surface area contributed by atoms with Crippen LogP contribution in [0.15, 0.2) is 18.2 Å². The Kier molecular flexibility index (Phi) is 5.87. The predicted molar refractivity (Wildman–Crippen MR) is 85.9 cm³/mol. The Bertz CT molecular complexity index is 564. The molecule has 1 aromatic rings. The molecule has 21 heavy (non-hydrogen) atoms. The van der Waals surface area contributed by atoms with Crippen molar-refractivity contribution < 1.29 is 13.2 Å². The van der Waals surface area contributed by atoms with E-state index in [1.54, 1.807) is 7.11 Å². The van der Waals surface area contributed by atoms with Crippen LogP contribution in [0.25, 0.3) is 0 Å². The van der Waals surface area contributed by atoms with Gasteiger partial charge in [-0.25, -0.2) is 8.42 Å². The highest BCUT2D eigenvalue weighted by Crippen LogP contribution is 2.26. The molecule has 0 saturated carbocycles. The first-order chi connectivity index (χ1) is 10.0. The second-order valence-electron chi connectivity index (χ2n) is 5.08. The van der Waals surface area contributed by atoms with Crippen molar-refractivity contribution in [1.29, 1.82) is 0 Å². The van der Waals surface area contributed by atoms with E-state index in [0.29, 0.717) is 31.3 Å². The van der Waals surface area contributed by atoms with Crippen LogP contribution in [0.2, 0.25) is 5.02 Å². The van der Waals surface area contributed by atoms with Gasteiger partial charge in [-0.15, -0.1) is 0 Å². The Morgan fingerprint density at radius 2 is 2.05 bits per heavy atom. The van der Waals surface area contributed by atoms with Crippen LogP contribution >= 0.6 is 11.6 Å². The Balaban J connectivity index is 2.08. The molecule has 0 bridgehead atoms. The third kappa shape index (κ3) is 4.85. The first-order valence-corrected chi connectivity index (χ1v) is 9.15. The minimum absolute atomic E-state index is 0.204. The molecular formula is C14H21ClN2O3S. The molecule has 0 atom stereocenters. The molecule has 1 N–H and O–H groups in total. The lowest BCUT2D eigenvalue weighted by molar-refractivity contribution is 0.199. The highest BCUT2D eigenvalue weighted by Gasteiger charge is 2.23. The molecule has 0 aromatic heterocycles. The molecule has 1 aliphatic heterocycles. The average molecular weight is 333 g/mol. The van der Waals surface area contributed by atoms with Crippen LogP contribution in [-0.4, -0.2) is 53.3 Å². The third-order valence-corrected chi connectivity index (χ3v) is 5.38. The number of rotatable bonds is 6. The van der Waals surface area contributed by atoms with Gasteiger partial charge < -0.3 is 15.0 Å². The van der Waals surface area contributed by atoms with Gasteiger partial charge in [0.1, 0.15) is 0 Å². The lowest BCUT2D eigenvalue weighted by atomic mass is 10.1. The highest BCUT2D eigenvalue weighted by atomic mass is 35.5. The summed E-state index contributed by atoms with van der Waals surface area (Å²) in [6.07, 6.45) is 0. The van der Waals surface area contributed by atoms with Crippen LogP contribution < -0.4 is 10.2 Å². The van der Waals surface area contributed by atoms with E-state index in [1.165, 1.54) is 0 Å². The minimum atomic E-state index is -2.88. The largest absolute Gasteiger partial charge is 0.383 e. The van der Waals surface area contributed by atoms with Gasteiger partial charge in [0.25, 0.3) is 0 Å². The van der Waals surface area contributed by atoms with Crippen molar-refractivity contribution in [2.45, 2.75) is 6.54 Å². The standard InChI is InChI=1S/C14H21ClN2O3S/c1-20-7-4-16-11-12-2-3-13(15)10-14(12)17-5-8-21(18,19)9-6-17/h2-3,10,16H,4-9,11H2,1H3. The van der Waals surface area contributed by atoms with Crippen LogP contribution in [0.5, 0.6) is 0 Å². The number of nitrogens with zero attached hydrogens (tertiary/aromatic N) is 1. The summed E-state index contributed by atoms with van der Waals surface area (Å²) in [5.41, 5.74) is 2.14. The predicted octanol–water partition coefficient (Wildman–Crippen LogP) is 1.31. The maximum atomic E-state index is 11.5. The summed E-state index contributed by atoms with van der Waals surface area (Å²) in [6.45, 7) is 3.18. The fourth-order valence-corrected chi connectivity index (χ4v) is 3.70. The second-order valence-corrected chi connectivity index (χ2v) is 7.82. The van der Waals surface area contributed by atoms with Gasteiger partial charge in [-0.2, -0.15) is 0 Å². The number of nitrogens with one attached hydrogen (secondary N) is 1. The SMILES string of the molecule is COCCNCc1ccc(Cl)cc1N1CCS(=O)(=O)CC1. The molecule has 7 heteroatoms. The number of ether oxygens (including phenoxy) is 1. The van der Waals surface area contributed by atoms with Gasteiger partial charge >= 0.3 is 0 Å². The zero-order chi connectivity index (χ0) is 15.3. The Labute approximate surface area is 131 Å². The maximum absolute atomic E-state index is 11.5. The number of benzene rings is 1. The van der Waals surface area contributed by atoms with E-state index in [0.717, 1.165) is 17.8 Å². The van der Waals surface area contributed by atoms with Gasteiger partial charge in [0.15, 0.2) is 9.84 Å². The lowest BCUT2D eigenvalue weighted by Crippen LogP contribution is -2.41. The summed E-state index contributed by atoms with van der Waals surface area (Å²) in [7, 11) is -1.21. The summed E-state index contributed by atoms with van der Waals surface area (Å²) in [6, 6.07) is 5.76. The van der Waals surface area contributed by atoms with E-state index >= 15 is 0 Å². The van der Waals surface area contributed by atoms with Crippen molar-refractivity contribution in [3.05, 3.63) is 28.8 Å². The number of anilines is 1. The molecule has 0 radical (unpaired) electrons. The van der Waals surface area contributed by atoms with E-state index in [4.69, 9.17) is 16.3 Å². The average Bonchev–Trinajstić information content (AvgIpc) is 2.45. The first kappa shape index (κ1) is 16.5. The molecule has 1 aliphatic rings. The maximum Gasteiger partial charge on any atom is 0.153 e. The molecule has 1 saturated heterocycles. The third-order valence-electron chi connectivity index (χ3n) is 3.53. The number of sulfone groups is 1. The fourth-order valence-electron chi connectivity index (χ4n) is 2.33. The van der Waals surface area contributed by atoms with Gasteiger partial charge in [-0.1, -0.05) is 17.7 Å². The molecule has 0 amide bonds. The molecule has 1 heterocycles.